The van der Waals surface area contributed by atoms with E-state index in [1.807, 2.05) is 19.1 Å². The topological polar surface area (TPSA) is 122 Å². The summed E-state index contributed by atoms with van der Waals surface area (Å²) in [4.78, 5) is 36.5. The first-order valence-corrected chi connectivity index (χ1v) is 11.0. The summed E-state index contributed by atoms with van der Waals surface area (Å²) in [5.74, 6) is 0.704. The van der Waals surface area contributed by atoms with Gasteiger partial charge in [0.15, 0.2) is 0 Å². The summed E-state index contributed by atoms with van der Waals surface area (Å²) in [7, 11) is 1.80. The molecular formula is C24H19N7O2S. The number of imidazole rings is 1. The summed E-state index contributed by atoms with van der Waals surface area (Å²) in [6, 6.07) is 5.74. The van der Waals surface area contributed by atoms with Gasteiger partial charge in [-0.25, -0.2) is 14.3 Å². The van der Waals surface area contributed by atoms with Crippen LogP contribution in [0.1, 0.15) is 17.1 Å². The van der Waals surface area contributed by atoms with Crippen molar-refractivity contribution in [2.45, 2.75) is 19.9 Å². The van der Waals surface area contributed by atoms with E-state index < -0.39 is 11.2 Å². The minimum absolute atomic E-state index is 0.0753. The summed E-state index contributed by atoms with van der Waals surface area (Å²) < 4.78 is 4.59. The second-order valence-corrected chi connectivity index (χ2v) is 8.51. The summed E-state index contributed by atoms with van der Waals surface area (Å²) in [6.07, 6.45) is 6.27. The number of hydrogen-bond acceptors (Lipinski definition) is 7. The molecule has 0 fully saturated rings. The Bertz CT molecular complexity index is 1730. The Kier molecular flexibility index (Phi) is 5.84. The zero-order valence-corrected chi connectivity index (χ0v) is 19.4. The zero-order valence-electron chi connectivity index (χ0n) is 18.6. The summed E-state index contributed by atoms with van der Waals surface area (Å²) in [5, 5.41) is 18.5. The number of aromatic nitrogens is 5. The molecule has 0 radical (unpaired) electrons. The van der Waals surface area contributed by atoms with Crippen LogP contribution in [0.15, 0.2) is 58.9 Å². The monoisotopic (exact) mass is 469 g/mol. The molecule has 0 aliphatic rings. The highest BCUT2D eigenvalue weighted by atomic mass is 32.1. The fourth-order valence-electron chi connectivity index (χ4n) is 3.81. The molecule has 0 saturated heterocycles. The van der Waals surface area contributed by atoms with Crippen molar-refractivity contribution in [3.05, 3.63) is 80.9 Å². The lowest BCUT2D eigenvalue weighted by molar-refractivity contribution is 0.662. The van der Waals surface area contributed by atoms with Crippen molar-refractivity contribution in [2.24, 2.45) is 7.05 Å². The van der Waals surface area contributed by atoms with E-state index in [1.165, 1.54) is 16.8 Å². The van der Waals surface area contributed by atoms with Crippen molar-refractivity contribution in [1.29, 1.82) is 10.5 Å². The van der Waals surface area contributed by atoms with Crippen LogP contribution < -0.4 is 11.2 Å². The first-order valence-electron chi connectivity index (χ1n) is 10.2. The van der Waals surface area contributed by atoms with Gasteiger partial charge in [-0.3, -0.25) is 14.3 Å². The molecule has 4 aromatic rings. The van der Waals surface area contributed by atoms with E-state index in [0.29, 0.717) is 43.2 Å². The molecule has 0 aliphatic carbocycles. The Hall–Kier alpha value is -4.54. The van der Waals surface area contributed by atoms with E-state index >= 15 is 0 Å². The van der Waals surface area contributed by atoms with E-state index in [2.05, 4.69) is 23.1 Å². The van der Waals surface area contributed by atoms with E-state index in [0.717, 1.165) is 15.9 Å². The van der Waals surface area contributed by atoms with Crippen LogP contribution in [0.2, 0.25) is 0 Å². The third-order valence-corrected chi connectivity index (χ3v) is 6.65. The molecule has 4 aromatic heterocycles. The highest BCUT2D eigenvalue weighted by molar-refractivity contribution is 7.20. The van der Waals surface area contributed by atoms with Crippen LogP contribution in [0.3, 0.4) is 0 Å². The number of thiophene rings is 1. The van der Waals surface area contributed by atoms with Gasteiger partial charge in [-0.15, -0.1) is 11.3 Å². The number of nitriles is 2. The number of pyridine rings is 1. The number of nitrogens with zero attached hydrogens (tertiary/aromatic N) is 7. The summed E-state index contributed by atoms with van der Waals surface area (Å²) >= 11 is 1.15. The van der Waals surface area contributed by atoms with E-state index in [-0.39, 0.29) is 18.5 Å². The maximum Gasteiger partial charge on any atom is 0.336 e. The fraction of sp³-hybridized carbons (Fsp3) is 0.167. The Labute approximate surface area is 198 Å². The lowest BCUT2D eigenvalue weighted by Gasteiger charge is -2.12. The molecule has 0 atom stereocenters. The van der Waals surface area contributed by atoms with Gasteiger partial charge >= 0.3 is 5.69 Å². The average Bonchev–Trinajstić information content (AvgIpc) is 3.39. The second kappa shape index (κ2) is 8.77. The molecule has 0 aliphatic heterocycles. The number of allylic oxidation sites excluding steroid dienone is 4. The lowest BCUT2D eigenvalue weighted by Crippen LogP contribution is -2.38. The van der Waals surface area contributed by atoms with Crippen LogP contribution >= 0.6 is 11.3 Å². The van der Waals surface area contributed by atoms with E-state index in [1.54, 1.807) is 30.0 Å². The van der Waals surface area contributed by atoms with Crippen molar-refractivity contribution in [3.8, 4) is 17.8 Å². The Morgan fingerprint density at radius 1 is 1.29 bits per heavy atom. The largest absolute Gasteiger partial charge is 0.336 e. The van der Waals surface area contributed by atoms with Gasteiger partial charge in [0.2, 0.25) is 0 Å². The molecule has 0 saturated carbocycles. The van der Waals surface area contributed by atoms with Gasteiger partial charge in [0.1, 0.15) is 16.0 Å². The third-order valence-electron chi connectivity index (χ3n) is 5.50. The molecule has 0 unspecified atom stereocenters. The van der Waals surface area contributed by atoms with Crippen molar-refractivity contribution >= 4 is 38.2 Å². The molecule has 9 nitrogen and oxygen atoms in total. The SMILES string of the molecule is C=C/C=C(\C(=C)C#N)c1cc2c(s1)c(=O)n(-c1cncc3nc(C)n(C)c13)c(=O)n2CCC#N. The summed E-state index contributed by atoms with van der Waals surface area (Å²) in [6.45, 7) is 9.38. The van der Waals surface area contributed by atoms with E-state index in [9.17, 15) is 14.9 Å². The van der Waals surface area contributed by atoms with Crippen molar-refractivity contribution < 1.29 is 0 Å². The molecule has 0 bridgehead atoms. The molecule has 4 heterocycles. The number of rotatable bonds is 6. The molecule has 34 heavy (non-hydrogen) atoms. The standard InChI is InChI=1S/C24H19N7O2S/c1-5-7-16(14(2)11-26)20-10-18-22(34-20)23(32)31(24(33)30(18)9-6-8-25)19-13-27-12-17-21(19)29(4)15(3)28-17/h5,7,10,12-13H,1-2,6,9H2,3-4H3/b16-7+. The van der Waals surface area contributed by atoms with Crippen LogP contribution in [0.5, 0.6) is 0 Å². The Morgan fingerprint density at radius 3 is 2.74 bits per heavy atom. The van der Waals surface area contributed by atoms with Crippen molar-refractivity contribution in [3.63, 3.8) is 0 Å². The molecule has 168 valence electrons. The van der Waals surface area contributed by atoms with Crippen LogP contribution in [-0.4, -0.2) is 23.7 Å². The average molecular weight is 470 g/mol. The Morgan fingerprint density at radius 2 is 2.06 bits per heavy atom. The van der Waals surface area contributed by atoms with Gasteiger partial charge < -0.3 is 4.57 Å². The first kappa shape index (κ1) is 22.6. The van der Waals surface area contributed by atoms with Gasteiger partial charge in [-0.05, 0) is 13.0 Å². The lowest BCUT2D eigenvalue weighted by atomic mass is 10.1. The van der Waals surface area contributed by atoms with E-state index in [4.69, 9.17) is 5.26 Å². The van der Waals surface area contributed by atoms with Gasteiger partial charge in [0.05, 0.1) is 53.2 Å². The van der Waals surface area contributed by atoms with Crippen LogP contribution in [-0.2, 0) is 13.6 Å². The minimum Gasteiger partial charge on any atom is -0.330 e. The minimum atomic E-state index is -0.585. The predicted octanol–water partition coefficient (Wildman–Crippen LogP) is 3.37. The molecule has 0 spiro atoms. The van der Waals surface area contributed by atoms with Crippen molar-refractivity contribution in [2.75, 3.05) is 0 Å². The number of aryl methyl sites for hydroxylation is 3. The maximum absolute atomic E-state index is 13.7. The zero-order chi connectivity index (χ0) is 24.6. The highest BCUT2D eigenvalue weighted by Gasteiger charge is 2.22. The quantitative estimate of drug-likeness (QED) is 0.315. The molecule has 4 rings (SSSR count). The molecular weight excluding hydrogens is 450 g/mol. The molecule has 10 heteroatoms. The highest BCUT2D eigenvalue weighted by Crippen LogP contribution is 2.32. The van der Waals surface area contributed by atoms with Crippen LogP contribution in [0.25, 0.3) is 32.5 Å². The number of hydrogen-bond donors (Lipinski definition) is 0. The Balaban J connectivity index is 2.13. The van der Waals surface area contributed by atoms with Gasteiger partial charge in [0, 0.05) is 24.0 Å². The van der Waals surface area contributed by atoms with Crippen LogP contribution in [0.4, 0.5) is 0 Å². The predicted molar refractivity (Wildman–Crippen MR) is 132 cm³/mol. The first-order chi connectivity index (χ1) is 16.3. The maximum atomic E-state index is 13.7. The molecule has 0 amide bonds. The fourth-order valence-corrected chi connectivity index (χ4v) is 4.96. The van der Waals surface area contributed by atoms with Crippen LogP contribution in [0, 0.1) is 29.6 Å². The third kappa shape index (κ3) is 3.47. The summed E-state index contributed by atoms with van der Waals surface area (Å²) in [5.41, 5.74) is 1.47. The molecule has 0 N–H and O–H groups in total. The van der Waals surface area contributed by atoms with Gasteiger partial charge in [-0.1, -0.05) is 25.3 Å². The van der Waals surface area contributed by atoms with Crippen molar-refractivity contribution in [1.82, 2.24) is 23.7 Å². The second-order valence-electron chi connectivity index (χ2n) is 7.46. The number of fused-ring (bicyclic) bond motifs is 2. The normalized spacial score (nSPS) is 11.5. The van der Waals surface area contributed by atoms with Gasteiger partial charge in [0.25, 0.3) is 5.56 Å². The van der Waals surface area contributed by atoms with Gasteiger partial charge in [-0.2, -0.15) is 10.5 Å². The molecule has 0 aromatic carbocycles. The smallest absolute Gasteiger partial charge is 0.330 e.